The first-order valence-electron chi connectivity index (χ1n) is 7.67. The van der Waals surface area contributed by atoms with Gasteiger partial charge in [0.05, 0.1) is 11.5 Å². The molecule has 1 heterocycles. The molecule has 3 rings (SSSR count). The number of nitrogens with zero attached hydrogens (tertiary/aromatic N) is 3. The molecule has 0 unspecified atom stereocenters. The van der Waals surface area contributed by atoms with Gasteiger partial charge in [0.2, 0.25) is 0 Å². The Labute approximate surface area is 139 Å². The molecule has 122 valence electrons. The summed E-state index contributed by atoms with van der Waals surface area (Å²) in [4.78, 5) is 10.6. The molecule has 0 aliphatic heterocycles. The molecule has 2 aromatic carbocycles. The van der Waals surface area contributed by atoms with Crippen molar-refractivity contribution < 1.29 is 9.66 Å². The maximum Gasteiger partial charge on any atom is 0.270 e. The predicted octanol–water partition coefficient (Wildman–Crippen LogP) is 4.19. The van der Waals surface area contributed by atoms with Gasteiger partial charge in [0.25, 0.3) is 5.69 Å². The van der Waals surface area contributed by atoms with Crippen molar-refractivity contribution in [2.45, 2.75) is 19.9 Å². The molecule has 0 aliphatic carbocycles. The van der Waals surface area contributed by atoms with Gasteiger partial charge in [-0.1, -0.05) is 19.1 Å². The topological polar surface area (TPSA) is 70.2 Å². The zero-order valence-corrected chi connectivity index (χ0v) is 13.3. The number of hydrogen-bond donors (Lipinski definition) is 0. The molecule has 1 aromatic heterocycles. The number of aromatic nitrogens is 2. The number of nitro groups is 1. The molecule has 24 heavy (non-hydrogen) atoms. The van der Waals surface area contributed by atoms with Crippen molar-refractivity contribution >= 4 is 5.69 Å². The van der Waals surface area contributed by atoms with E-state index in [-0.39, 0.29) is 5.69 Å². The Morgan fingerprint density at radius 2 is 2.00 bits per heavy atom. The summed E-state index contributed by atoms with van der Waals surface area (Å²) in [6, 6.07) is 14.2. The third-order valence-electron chi connectivity index (χ3n) is 3.71. The minimum absolute atomic E-state index is 0.0332. The average molecular weight is 323 g/mol. The molecular weight excluding hydrogens is 306 g/mol. The molecule has 0 saturated heterocycles. The van der Waals surface area contributed by atoms with E-state index in [4.69, 9.17) is 4.74 Å². The highest BCUT2D eigenvalue weighted by molar-refractivity contribution is 5.46. The number of rotatable bonds is 6. The fourth-order valence-electron chi connectivity index (χ4n) is 2.39. The summed E-state index contributed by atoms with van der Waals surface area (Å²) in [6.45, 7) is 2.49. The van der Waals surface area contributed by atoms with Crippen LogP contribution in [0.15, 0.2) is 60.9 Å². The van der Waals surface area contributed by atoms with Crippen LogP contribution in [0.2, 0.25) is 0 Å². The molecule has 3 aromatic rings. The summed E-state index contributed by atoms with van der Waals surface area (Å²) >= 11 is 0. The quantitative estimate of drug-likeness (QED) is 0.503. The molecule has 0 atom stereocenters. The van der Waals surface area contributed by atoms with E-state index in [0.29, 0.717) is 23.6 Å². The summed E-state index contributed by atoms with van der Waals surface area (Å²) in [5.74, 6) is 1.28. The third kappa shape index (κ3) is 3.60. The van der Waals surface area contributed by atoms with E-state index in [9.17, 15) is 10.1 Å². The molecule has 0 fully saturated rings. The van der Waals surface area contributed by atoms with Gasteiger partial charge in [-0.3, -0.25) is 14.8 Å². The Balaban J connectivity index is 1.91. The molecular formula is C18H17N3O3. The van der Waals surface area contributed by atoms with Crippen molar-refractivity contribution in [3.8, 4) is 11.5 Å². The third-order valence-corrected chi connectivity index (χ3v) is 3.71. The zero-order chi connectivity index (χ0) is 16.9. The highest BCUT2D eigenvalue weighted by Crippen LogP contribution is 2.29. The molecule has 0 amide bonds. The van der Waals surface area contributed by atoms with Gasteiger partial charge < -0.3 is 4.74 Å². The second-order valence-corrected chi connectivity index (χ2v) is 5.35. The van der Waals surface area contributed by atoms with E-state index in [0.717, 1.165) is 6.42 Å². The van der Waals surface area contributed by atoms with E-state index < -0.39 is 4.92 Å². The fourth-order valence-corrected chi connectivity index (χ4v) is 2.39. The monoisotopic (exact) mass is 323 g/mol. The van der Waals surface area contributed by atoms with E-state index in [1.807, 2.05) is 24.3 Å². The average Bonchev–Trinajstić information content (AvgIpc) is 3.10. The van der Waals surface area contributed by atoms with Gasteiger partial charge in [0.1, 0.15) is 11.5 Å². The van der Waals surface area contributed by atoms with Gasteiger partial charge in [0.15, 0.2) is 0 Å². The van der Waals surface area contributed by atoms with Crippen LogP contribution >= 0.6 is 0 Å². The lowest BCUT2D eigenvalue weighted by Crippen LogP contribution is -2.03. The summed E-state index contributed by atoms with van der Waals surface area (Å²) in [5.41, 5.74) is 1.96. The van der Waals surface area contributed by atoms with Crippen LogP contribution < -0.4 is 4.74 Å². The van der Waals surface area contributed by atoms with Crippen molar-refractivity contribution in [1.29, 1.82) is 0 Å². The molecule has 0 bridgehead atoms. The number of hydrogen-bond acceptors (Lipinski definition) is 4. The van der Waals surface area contributed by atoms with E-state index in [2.05, 4.69) is 12.0 Å². The van der Waals surface area contributed by atoms with Gasteiger partial charge in [-0.2, -0.15) is 5.10 Å². The second kappa shape index (κ2) is 6.95. The maximum atomic E-state index is 11.0. The lowest BCUT2D eigenvalue weighted by atomic mass is 10.1. The van der Waals surface area contributed by atoms with Crippen LogP contribution in [0.4, 0.5) is 5.69 Å². The van der Waals surface area contributed by atoms with Crippen LogP contribution in [0.5, 0.6) is 11.5 Å². The van der Waals surface area contributed by atoms with Gasteiger partial charge in [-0.05, 0) is 36.2 Å². The SMILES string of the molecule is CCc1ccc(Oc2ccc([N+](=O)[O-])cc2Cn2cccn2)cc1. The van der Waals surface area contributed by atoms with Crippen molar-refractivity contribution in [2.24, 2.45) is 0 Å². The van der Waals surface area contributed by atoms with Crippen molar-refractivity contribution in [3.05, 3.63) is 82.2 Å². The highest BCUT2D eigenvalue weighted by Gasteiger charge is 2.13. The summed E-state index contributed by atoms with van der Waals surface area (Å²) in [7, 11) is 0. The summed E-state index contributed by atoms with van der Waals surface area (Å²) < 4.78 is 7.63. The lowest BCUT2D eigenvalue weighted by Gasteiger charge is -2.12. The van der Waals surface area contributed by atoms with E-state index in [1.54, 1.807) is 29.2 Å². The Bertz CT molecular complexity index is 827. The van der Waals surface area contributed by atoms with Gasteiger partial charge in [-0.15, -0.1) is 0 Å². The maximum absolute atomic E-state index is 11.0. The minimum atomic E-state index is -0.410. The first-order chi connectivity index (χ1) is 11.7. The highest BCUT2D eigenvalue weighted by atomic mass is 16.6. The van der Waals surface area contributed by atoms with Crippen LogP contribution in [0.3, 0.4) is 0 Å². The van der Waals surface area contributed by atoms with Crippen molar-refractivity contribution in [3.63, 3.8) is 0 Å². The minimum Gasteiger partial charge on any atom is -0.457 e. The van der Waals surface area contributed by atoms with Crippen molar-refractivity contribution in [2.75, 3.05) is 0 Å². The fraction of sp³-hybridized carbons (Fsp3) is 0.167. The molecule has 0 spiro atoms. The molecule has 6 heteroatoms. The van der Waals surface area contributed by atoms with Crippen LogP contribution in [0, 0.1) is 10.1 Å². The largest absolute Gasteiger partial charge is 0.457 e. The van der Waals surface area contributed by atoms with Crippen LogP contribution in [0.1, 0.15) is 18.1 Å². The number of ether oxygens (including phenoxy) is 1. The molecule has 0 saturated carbocycles. The van der Waals surface area contributed by atoms with Crippen LogP contribution in [-0.2, 0) is 13.0 Å². The summed E-state index contributed by atoms with van der Waals surface area (Å²) in [6.07, 6.45) is 4.43. The molecule has 0 N–H and O–H groups in total. The number of non-ortho nitro benzene ring substituents is 1. The van der Waals surface area contributed by atoms with Gasteiger partial charge in [0, 0.05) is 30.1 Å². The Morgan fingerprint density at radius 1 is 1.21 bits per heavy atom. The van der Waals surface area contributed by atoms with Crippen molar-refractivity contribution in [1.82, 2.24) is 9.78 Å². The predicted molar refractivity (Wildman–Crippen MR) is 90.3 cm³/mol. The number of nitro benzene ring substituents is 1. The lowest BCUT2D eigenvalue weighted by molar-refractivity contribution is -0.384. The number of benzene rings is 2. The number of aryl methyl sites for hydroxylation is 1. The Hall–Kier alpha value is -3.15. The molecule has 0 aliphatic rings. The van der Waals surface area contributed by atoms with Crippen LogP contribution in [-0.4, -0.2) is 14.7 Å². The Morgan fingerprint density at radius 3 is 2.62 bits per heavy atom. The first-order valence-corrected chi connectivity index (χ1v) is 7.67. The summed E-state index contributed by atoms with van der Waals surface area (Å²) in [5, 5.41) is 15.2. The standard InChI is InChI=1S/C18H17N3O3/c1-2-14-4-7-17(8-5-14)24-18-9-6-16(21(22)23)12-15(18)13-20-11-3-10-19-20/h3-12H,2,13H2,1H3. The van der Waals surface area contributed by atoms with Crippen LogP contribution in [0.25, 0.3) is 0 Å². The van der Waals surface area contributed by atoms with Gasteiger partial charge >= 0.3 is 0 Å². The second-order valence-electron chi connectivity index (χ2n) is 5.35. The normalized spacial score (nSPS) is 10.5. The first kappa shape index (κ1) is 15.7. The smallest absolute Gasteiger partial charge is 0.270 e. The van der Waals surface area contributed by atoms with E-state index >= 15 is 0 Å². The molecule has 0 radical (unpaired) electrons. The Kier molecular flexibility index (Phi) is 4.56. The molecule has 6 nitrogen and oxygen atoms in total. The van der Waals surface area contributed by atoms with E-state index in [1.165, 1.54) is 17.7 Å². The van der Waals surface area contributed by atoms with Gasteiger partial charge in [-0.25, -0.2) is 0 Å². The zero-order valence-electron chi connectivity index (χ0n) is 13.3.